The summed E-state index contributed by atoms with van der Waals surface area (Å²) in [4.78, 5) is 34.7. The summed E-state index contributed by atoms with van der Waals surface area (Å²) >= 11 is 1.15. The van der Waals surface area contributed by atoms with Gasteiger partial charge in [-0.1, -0.05) is 31.5 Å². The molecule has 0 saturated carbocycles. The lowest BCUT2D eigenvalue weighted by atomic mass is 10.0. The number of carboxylic acids is 1. The monoisotopic (exact) mass is 352 g/mol. The maximum absolute atomic E-state index is 11.8. The molecule has 0 radical (unpaired) electrons. The largest absolute Gasteiger partial charge is 0.480 e. The molecule has 1 rings (SSSR count). The molecule has 0 fully saturated rings. The molecule has 0 aromatic heterocycles. The molecule has 0 unspecified atom stereocenters. The zero-order valence-corrected chi connectivity index (χ0v) is 15.0. The first-order valence-corrected chi connectivity index (χ1v) is 8.90. The van der Waals surface area contributed by atoms with Gasteiger partial charge in [-0.05, 0) is 31.4 Å². The number of amides is 2. The molecule has 1 atom stereocenters. The first kappa shape index (κ1) is 20.0. The summed E-state index contributed by atoms with van der Waals surface area (Å²) in [5.74, 6) is -1.28. The van der Waals surface area contributed by atoms with E-state index in [0.29, 0.717) is 12.1 Å². The normalized spacial score (nSPS) is 11.8. The Morgan fingerprint density at radius 3 is 2.21 bits per heavy atom. The number of benzene rings is 1. The average molecular weight is 352 g/mol. The van der Waals surface area contributed by atoms with Crippen molar-refractivity contribution in [3.8, 4) is 0 Å². The number of carboxylic acid groups (broad SMARTS) is 1. The third kappa shape index (κ3) is 8.01. The Hall–Kier alpha value is -2.02. The summed E-state index contributed by atoms with van der Waals surface area (Å²) in [6.07, 6.45) is 0.375. The van der Waals surface area contributed by atoms with Crippen LogP contribution >= 0.6 is 11.8 Å². The molecule has 0 aliphatic heterocycles. The second kappa shape index (κ2) is 9.97. The number of hydrogen-bond acceptors (Lipinski definition) is 4. The van der Waals surface area contributed by atoms with Gasteiger partial charge >= 0.3 is 5.97 Å². The smallest absolute Gasteiger partial charge is 0.326 e. The fraction of sp³-hybridized carbons (Fsp3) is 0.471. The van der Waals surface area contributed by atoms with Gasteiger partial charge in [0.1, 0.15) is 6.04 Å². The fourth-order valence-electron chi connectivity index (χ4n) is 2.00. The number of rotatable bonds is 9. The summed E-state index contributed by atoms with van der Waals surface area (Å²) in [7, 11) is 0. The number of thioether (sulfide) groups is 1. The minimum Gasteiger partial charge on any atom is -0.480 e. The molecule has 2 amide bonds. The quantitative estimate of drug-likeness (QED) is 0.634. The third-order valence-electron chi connectivity index (χ3n) is 3.14. The Labute approximate surface area is 146 Å². The lowest BCUT2D eigenvalue weighted by Crippen LogP contribution is -2.42. The van der Waals surface area contributed by atoms with Crippen LogP contribution in [0.1, 0.15) is 25.8 Å². The van der Waals surface area contributed by atoms with Gasteiger partial charge in [0.25, 0.3) is 0 Å². The molecular formula is C17H24N2O4S. The zero-order valence-electron chi connectivity index (χ0n) is 14.2. The molecule has 24 heavy (non-hydrogen) atoms. The molecular weight excluding hydrogens is 328 g/mol. The molecule has 1 aromatic rings. The summed E-state index contributed by atoms with van der Waals surface area (Å²) in [6, 6.07) is 6.54. The topological polar surface area (TPSA) is 95.5 Å². The van der Waals surface area contributed by atoms with Crippen LogP contribution in [0.15, 0.2) is 24.3 Å². The van der Waals surface area contributed by atoms with E-state index in [-0.39, 0.29) is 29.2 Å². The maximum Gasteiger partial charge on any atom is 0.326 e. The van der Waals surface area contributed by atoms with Gasteiger partial charge in [0, 0.05) is 5.69 Å². The highest BCUT2D eigenvalue weighted by atomic mass is 32.2. The molecule has 1 aromatic carbocycles. The Bertz CT molecular complexity index is 572. The first-order valence-electron chi connectivity index (χ1n) is 7.74. The van der Waals surface area contributed by atoms with Crippen LogP contribution in [-0.2, 0) is 14.4 Å². The molecule has 7 heteroatoms. The van der Waals surface area contributed by atoms with E-state index < -0.39 is 12.0 Å². The van der Waals surface area contributed by atoms with Gasteiger partial charge in [0.2, 0.25) is 11.8 Å². The highest BCUT2D eigenvalue weighted by Crippen LogP contribution is 2.10. The highest BCUT2D eigenvalue weighted by Gasteiger charge is 2.20. The molecule has 6 nitrogen and oxygen atoms in total. The number of carbonyl (C=O) groups excluding carboxylic acids is 2. The predicted octanol–water partition coefficient (Wildman–Crippen LogP) is 2.28. The summed E-state index contributed by atoms with van der Waals surface area (Å²) < 4.78 is 0. The van der Waals surface area contributed by atoms with Gasteiger partial charge in [-0.15, -0.1) is 11.8 Å². The minimum atomic E-state index is -1.04. The molecule has 0 spiro atoms. The van der Waals surface area contributed by atoms with Crippen molar-refractivity contribution in [3.05, 3.63) is 29.8 Å². The van der Waals surface area contributed by atoms with Crippen molar-refractivity contribution in [1.82, 2.24) is 5.32 Å². The molecule has 0 bridgehead atoms. The van der Waals surface area contributed by atoms with E-state index in [2.05, 4.69) is 10.6 Å². The van der Waals surface area contributed by atoms with Crippen LogP contribution in [0.4, 0.5) is 5.69 Å². The number of anilines is 1. The predicted molar refractivity (Wildman–Crippen MR) is 96.2 cm³/mol. The number of hydrogen-bond donors (Lipinski definition) is 3. The minimum absolute atomic E-state index is 0.0448. The zero-order chi connectivity index (χ0) is 18.1. The first-order chi connectivity index (χ1) is 11.3. The molecule has 0 aliphatic rings. The van der Waals surface area contributed by atoms with Crippen LogP contribution in [0.25, 0.3) is 0 Å². The Kier molecular flexibility index (Phi) is 8.32. The van der Waals surface area contributed by atoms with Crippen LogP contribution in [0.3, 0.4) is 0 Å². The Morgan fingerprint density at radius 1 is 1.08 bits per heavy atom. The number of nitrogens with one attached hydrogen (secondary N) is 2. The fourth-order valence-corrected chi connectivity index (χ4v) is 2.63. The Morgan fingerprint density at radius 2 is 1.67 bits per heavy atom. The van der Waals surface area contributed by atoms with Crippen LogP contribution in [0, 0.1) is 12.8 Å². The third-order valence-corrected chi connectivity index (χ3v) is 4.07. The molecule has 3 N–H and O–H groups in total. The SMILES string of the molecule is Cc1ccc(NC(=O)CSCC(=O)N[C@@H](CC(C)C)C(=O)O)cc1. The number of aryl methyl sites for hydroxylation is 1. The lowest BCUT2D eigenvalue weighted by molar-refractivity contribution is -0.141. The van der Waals surface area contributed by atoms with E-state index >= 15 is 0 Å². The van der Waals surface area contributed by atoms with Crippen molar-refractivity contribution >= 4 is 35.2 Å². The van der Waals surface area contributed by atoms with Crippen molar-refractivity contribution in [2.75, 3.05) is 16.8 Å². The molecule has 0 saturated heterocycles. The number of aliphatic carboxylic acids is 1. The van der Waals surface area contributed by atoms with Crippen molar-refractivity contribution in [3.63, 3.8) is 0 Å². The van der Waals surface area contributed by atoms with Gasteiger partial charge in [0.15, 0.2) is 0 Å². The maximum atomic E-state index is 11.8. The van der Waals surface area contributed by atoms with E-state index in [1.807, 2.05) is 45.0 Å². The van der Waals surface area contributed by atoms with Crippen molar-refractivity contribution in [2.24, 2.45) is 5.92 Å². The number of carbonyl (C=O) groups is 3. The van der Waals surface area contributed by atoms with Crippen molar-refractivity contribution < 1.29 is 19.5 Å². The van der Waals surface area contributed by atoms with E-state index in [9.17, 15) is 14.4 Å². The van der Waals surface area contributed by atoms with Gasteiger partial charge in [-0.2, -0.15) is 0 Å². The molecule has 0 aliphatic carbocycles. The molecule has 0 heterocycles. The summed E-state index contributed by atoms with van der Waals surface area (Å²) in [5, 5.41) is 14.3. The van der Waals surface area contributed by atoms with Crippen molar-refractivity contribution in [2.45, 2.75) is 33.2 Å². The van der Waals surface area contributed by atoms with E-state index in [1.165, 1.54) is 0 Å². The second-order valence-electron chi connectivity index (χ2n) is 5.99. The second-order valence-corrected chi connectivity index (χ2v) is 6.98. The lowest BCUT2D eigenvalue weighted by Gasteiger charge is -2.16. The Balaban J connectivity index is 2.32. The van der Waals surface area contributed by atoms with E-state index in [0.717, 1.165) is 17.3 Å². The van der Waals surface area contributed by atoms with Crippen LogP contribution in [0.5, 0.6) is 0 Å². The highest BCUT2D eigenvalue weighted by molar-refractivity contribution is 8.00. The summed E-state index contributed by atoms with van der Waals surface area (Å²) in [5.41, 5.74) is 1.81. The standard InChI is InChI=1S/C17H24N2O4S/c1-11(2)8-14(17(22)23)19-16(21)10-24-9-15(20)18-13-6-4-12(3)5-7-13/h4-7,11,14H,8-10H2,1-3H3,(H,18,20)(H,19,21)(H,22,23)/t14-/m0/s1. The van der Waals surface area contributed by atoms with Crippen molar-refractivity contribution in [1.29, 1.82) is 0 Å². The van der Waals surface area contributed by atoms with Gasteiger partial charge in [-0.25, -0.2) is 4.79 Å². The van der Waals surface area contributed by atoms with Gasteiger partial charge in [0.05, 0.1) is 11.5 Å². The summed E-state index contributed by atoms with van der Waals surface area (Å²) in [6.45, 7) is 5.75. The van der Waals surface area contributed by atoms with Gasteiger partial charge in [-0.3, -0.25) is 9.59 Å². The molecule has 132 valence electrons. The average Bonchev–Trinajstić information content (AvgIpc) is 2.48. The van der Waals surface area contributed by atoms with Gasteiger partial charge < -0.3 is 15.7 Å². The van der Waals surface area contributed by atoms with Crippen LogP contribution in [-0.4, -0.2) is 40.4 Å². The van der Waals surface area contributed by atoms with Crippen LogP contribution < -0.4 is 10.6 Å². The van der Waals surface area contributed by atoms with Crippen LogP contribution in [0.2, 0.25) is 0 Å². The van der Waals surface area contributed by atoms with E-state index in [1.54, 1.807) is 0 Å². The van der Waals surface area contributed by atoms with E-state index in [4.69, 9.17) is 5.11 Å².